The molecule has 0 atom stereocenters. The summed E-state index contributed by atoms with van der Waals surface area (Å²) >= 11 is 6.29. The van der Waals surface area contributed by atoms with Gasteiger partial charge in [-0.25, -0.2) is 8.42 Å². The lowest BCUT2D eigenvalue weighted by molar-refractivity contribution is 0.0938. The molecule has 1 amide bonds. The van der Waals surface area contributed by atoms with E-state index in [1.807, 2.05) is 6.92 Å². The third-order valence-electron chi connectivity index (χ3n) is 4.93. The lowest BCUT2D eigenvalue weighted by atomic mass is 10.1. The molecule has 7 heteroatoms. The highest BCUT2D eigenvalue weighted by molar-refractivity contribution is 7.92. The molecule has 27 heavy (non-hydrogen) atoms. The Morgan fingerprint density at radius 1 is 1.11 bits per heavy atom. The van der Waals surface area contributed by atoms with Crippen LogP contribution in [-0.4, -0.2) is 27.4 Å². The van der Waals surface area contributed by atoms with E-state index in [0.29, 0.717) is 11.3 Å². The Morgan fingerprint density at radius 3 is 2.33 bits per heavy atom. The molecular weight excluding hydrogens is 384 g/mol. The van der Waals surface area contributed by atoms with Crippen molar-refractivity contribution in [1.82, 2.24) is 5.32 Å². The summed E-state index contributed by atoms with van der Waals surface area (Å²) in [5, 5.41) is 3.22. The van der Waals surface area contributed by atoms with Crippen molar-refractivity contribution in [3.8, 4) is 0 Å². The van der Waals surface area contributed by atoms with Gasteiger partial charge in [0, 0.05) is 13.1 Å². The molecule has 3 rings (SSSR count). The molecule has 5 nitrogen and oxygen atoms in total. The van der Waals surface area contributed by atoms with E-state index in [4.69, 9.17) is 11.6 Å². The highest BCUT2D eigenvalue weighted by Gasteiger charge is 2.23. The third kappa shape index (κ3) is 4.28. The number of hydrogen-bond donors (Lipinski definition) is 1. The van der Waals surface area contributed by atoms with Crippen molar-refractivity contribution in [1.29, 1.82) is 0 Å². The Kier molecular flexibility index (Phi) is 5.77. The van der Waals surface area contributed by atoms with Crippen LogP contribution in [0.15, 0.2) is 47.4 Å². The molecule has 0 spiro atoms. The van der Waals surface area contributed by atoms with Gasteiger partial charge in [-0.2, -0.15) is 0 Å². The van der Waals surface area contributed by atoms with Crippen LogP contribution in [0.2, 0.25) is 5.02 Å². The van der Waals surface area contributed by atoms with Crippen molar-refractivity contribution in [3.05, 3.63) is 58.6 Å². The second-order valence-corrected chi connectivity index (χ2v) is 9.28. The average molecular weight is 407 g/mol. The Balaban J connectivity index is 1.81. The highest BCUT2D eigenvalue weighted by atomic mass is 35.5. The first-order valence-electron chi connectivity index (χ1n) is 8.95. The minimum Gasteiger partial charge on any atom is -0.349 e. The van der Waals surface area contributed by atoms with Crippen LogP contribution in [-0.2, 0) is 10.0 Å². The van der Waals surface area contributed by atoms with Gasteiger partial charge in [-0.15, -0.1) is 0 Å². The zero-order valence-corrected chi connectivity index (χ0v) is 17.0. The summed E-state index contributed by atoms with van der Waals surface area (Å²) in [7, 11) is -2.23. The van der Waals surface area contributed by atoms with E-state index in [1.54, 1.807) is 36.4 Å². The number of nitrogens with zero attached hydrogens (tertiary/aromatic N) is 1. The van der Waals surface area contributed by atoms with Gasteiger partial charge in [-0.1, -0.05) is 42.1 Å². The summed E-state index contributed by atoms with van der Waals surface area (Å²) in [5.41, 5.74) is 1.74. The molecule has 2 aromatic carbocycles. The van der Waals surface area contributed by atoms with Gasteiger partial charge in [-0.3, -0.25) is 9.10 Å². The Morgan fingerprint density at radius 2 is 1.74 bits per heavy atom. The molecule has 1 saturated carbocycles. The Hall–Kier alpha value is -2.05. The maximum atomic E-state index is 12.8. The van der Waals surface area contributed by atoms with Crippen molar-refractivity contribution < 1.29 is 13.2 Å². The number of aryl methyl sites for hydroxylation is 1. The first-order valence-corrected chi connectivity index (χ1v) is 10.8. The fraction of sp³-hybridized carbons (Fsp3) is 0.350. The zero-order chi connectivity index (χ0) is 19.6. The molecule has 1 fully saturated rings. The van der Waals surface area contributed by atoms with Crippen LogP contribution in [0, 0.1) is 6.92 Å². The molecule has 0 radical (unpaired) electrons. The second-order valence-electron chi connectivity index (χ2n) is 6.90. The van der Waals surface area contributed by atoms with E-state index < -0.39 is 10.0 Å². The smallest absolute Gasteiger partial charge is 0.264 e. The molecule has 2 aromatic rings. The van der Waals surface area contributed by atoms with E-state index in [1.165, 1.54) is 17.4 Å². The number of sulfonamides is 1. The molecule has 1 aliphatic rings. The van der Waals surface area contributed by atoms with E-state index in [0.717, 1.165) is 31.2 Å². The fourth-order valence-electron chi connectivity index (χ4n) is 3.22. The average Bonchev–Trinajstić information content (AvgIpc) is 3.14. The maximum Gasteiger partial charge on any atom is 0.264 e. The number of carbonyl (C=O) groups is 1. The topological polar surface area (TPSA) is 66.5 Å². The van der Waals surface area contributed by atoms with Crippen LogP contribution in [0.1, 0.15) is 41.6 Å². The van der Waals surface area contributed by atoms with Crippen molar-refractivity contribution in [2.24, 2.45) is 0 Å². The second kappa shape index (κ2) is 7.90. The SMILES string of the molecule is Cc1ccc(S(=O)(=O)N(C)c2ccc(C(=O)NC3CCCC3)c(Cl)c2)cc1. The number of rotatable bonds is 5. The highest BCUT2D eigenvalue weighted by Crippen LogP contribution is 2.28. The van der Waals surface area contributed by atoms with Crippen LogP contribution in [0.25, 0.3) is 0 Å². The Bertz CT molecular complexity index is 936. The van der Waals surface area contributed by atoms with Crippen LogP contribution in [0.4, 0.5) is 5.69 Å². The van der Waals surface area contributed by atoms with E-state index in [2.05, 4.69) is 5.32 Å². The predicted molar refractivity (Wildman–Crippen MR) is 108 cm³/mol. The number of nitrogens with one attached hydrogen (secondary N) is 1. The summed E-state index contributed by atoms with van der Waals surface area (Å²) < 4.78 is 26.8. The monoisotopic (exact) mass is 406 g/mol. The van der Waals surface area contributed by atoms with Crippen LogP contribution < -0.4 is 9.62 Å². The van der Waals surface area contributed by atoms with Gasteiger partial charge < -0.3 is 5.32 Å². The molecular formula is C20H23ClN2O3S. The van der Waals surface area contributed by atoms with Crippen LogP contribution >= 0.6 is 11.6 Å². The number of halogens is 1. The number of carbonyl (C=O) groups excluding carboxylic acids is 1. The fourth-order valence-corrected chi connectivity index (χ4v) is 4.67. The number of amides is 1. The molecule has 0 bridgehead atoms. The van der Waals surface area contributed by atoms with Crippen LogP contribution in [0.5, 0.6) is 0 Å². The van der Waals surface area contributed by atoms with E-state index in [-0.39, 0.29) is 21.9 Å². The van der Waals surface area contributed by atoms with Gasteiger partial charge in [0.2, 0.25) is 0 Å². The number of anilines is 1. The molecule has 1 N–H and O–H groups in total. The number of benzene rings is 2. The normalized spacial score (nSPS) is 14.9. The van der Waals surface area contributed by atoms with Gasteiger partial charge in [0.05, 0.1) is 21.2 Å². The van der Waals surface area contributed by atoms with Gasteiger partial charge in [0.15, 0.2) is 0 Å². The standard InChI is InChI=1S/C20H23ClN2O3S/c1-14-7-10-17(11-8-14)27(25,26)23(2)16-9-12-18(19(21)13-16)20(24)22-15-5-3-4-6-15/h7-13,15H,3-6H2,1-2H3,(H,22,24). The first kappa shape index (κ1) is 19.7. The van der Waals surface area contributed by atoms with Gasteiger partial charge in [-0.05, 0) is 50.1 Å². The molecule has 0 saturated heterocycles. The molecule has 1 aliphatic carbocycles. The number of hydrogen-bond acceptors (Lipinski definition) is 3. The van der Waals surface area contributed by atoms with E-state index in [9.17, 15) is 13.2 Å². The summed E-state index contributed by atoms with van der Waals surface area (Å²) in [6.07, 6.45) is 4.22. The summed E-state index contributed by atoms with van der Waals surface area (Å²) in [6.45, 7) is 1.90. The van der Waals surface area contributed by atoms with Crippen LogP contribution in [0.3, 0.4) is 0 Å². The summed E-state index contributed by atoms with van der Waals surface area (Å²) in [5.74, 6) is -0.220. The predicted octanol–water partition coefficient (Wildman–Crippen LogP) is 4.15. The zero-order valence-electron chi connectivity index (χ0n) is 15.4. The third-order valence-corrected chi connectivity index (χ3v) is 7.04. The summed E-state index contributed by atoms with van der Waals surface area (Å²) in [6, 6.07) is 11.5. The van der Waals surface area contributed by atoms with Gasteiger partial charge in [0.25, 0.3) is 15.9 Å². The van der Waals surface area contributed by atoms with Gasteiger partial charge >= 0.3 is 0 Å². The van der Waals surface area contributed by atoms with Crippen molar-refractivity contribution >= 4 is 33.2 Å². The molecule has 0 aliphatic heterocycles. The molecule has 0 heterocycles. The lowest BCUT2D eigenvalue weighted by Gasteiger charge is -2.20. The molecule has 0 unspecified atom stereocenters. The minimum absolute atomic E-state index is 0.192. The molecule has 144 valence electrons. The summed E-state index contributed by atoms with van der Waals surface area (Å²) in [4.78, 5) is 12.6. The minimum atomic E-state index is -3.70. The quantitative estimate of drug-likeness (QED) is 0.811. The van der Waals surface area contributed by atoms with E-state index >= 15 is 0 Å². The van der Waals surface area contributed by atoms with Crippen molar-refractivity contribution in [2.75, 3.05) is 11.4 Å². The molecule has 0 aromatic heterocycles. The Labute approximate surface area is 165 Å². The lowest BCUT2D eigenvalue weighted by Crippen LogP contribution is -2.33. The first-order chi connectivity index (χ1) is 12.8. The van der Waals surface area contributed by atoms with Crippen molar-refractivity contribution in [3.63, 3.8) is 0 Å². The maximum absolute atomic E-state index is 12.8. The largest absolute Gasteiger partial charge is 0.349 e. The van der Waals surface area contributed by atoms with Crippen molar-refractivity contribution in [2.45, 2.75) is 43.5 Å². The van der Waals surface area contributed by atoms with Gasteiger partial charge in [0.1, 0.15) is 0 Å².